The molecule has 1 rings (SSSR count). The molecule has 0 saturated heterocycles. The van der Waals surface area contributed by atoms with Gasteiger partial charge in [0.1, 0.15) is 5.69 Å². The monoisotopic (exact) mass is 303 g/mol. The Hall–Kier alpha value is -1.06. The molecule has 1 aromatic heterocycles. The number of nitrogens with zero attached hydrogens (tertiary/aromatic N) is 3. The summed E-state index contributed by atoms with van der Waals surface area (Å²) >= 11 is 0. The molecule has 21 heavy (non-hydrogen) atoms. The zero-order chi connectivity index (χ0) is 15.5. The van der Waals surface area contributed by atoms with Gasteiger partial charge in [-0.05, 0) is 13.8 Å². The van der Waals surface area contributed by atoms with Gasteiger partial charge in [-0.25, -0.2) is 4.68 Å². The number of aliphatic hydroxyl groups excluding tert-OH is 1. The van der Waals surface area contributed by atoms with E-state index in [2.05, 4.69) is 10.3 Å². The van der Waals surface area contributed by atoms with Gasteiger partial charge >= 0.3 is 0 Å². The highest BCUT2D eigenvalue weighted by Gasteiger charge is 2.16. The molecule has 0 radical (unpaired) electrons. The van der Waals surface area contributed by atoms with Crippen LogP contribution in [0.3, 0.4) is 0 Å². The number of rotatable bonds is 12. The van der Waals surface area contributed by atoms with Crippen LogP contribution in [0.25, 0.3) is 0 Å². The molecule has 8 nitrogen and oxygen atoms in total. The lowest BCUT2D eigenvalue weighted by molar-refractivity contribution is -0.142. The second kappa shape index (κ2) is 10.6. The highest BCUT2D eigenvalue weighted by atomic mass is 16.7. The van der Waals surface area contributed by atoms with E-state index in [0.29, 0.717) is 38.7 Å². The van der Waals surface area contributed by atoms with Gasteiger partial charge in [-0.15, -0.1) is 5.10 Å². The summed E-state index contributed by atoms with van der Waals surface area (Å²) in [5, 5.41) is 17.8. The van der Waals surface area contributed by atoms with E-state index in [0.717, 1.165) is 0 Å². The van der Waals surface area contributed by atoms with Crippen molar-refractivity contribution >= 4 is 0 Å². The van der Waals surface area contributed by atoms with E-state index < -0.39 is 12.4 Å². The van der Waals surface area contributed by atoms with Crippen molar-refractivity contribution in [1.82, 2.24) is 15.0 Å². The molecule has 1 unspecified atom stereocenters. The van der Waals surface area contributed by atoms with Crippen LogP contribution in [-0.2, 0) is 25.5 Å². The van der Waals surface area contributed by atoms with Crippen molar-refractivity contribution in [1.29, 1.82) is 0 Å². The molecule has 122 valence electrons. The van der Waals surface area contributed by atoms with Gasteiger partial charge in [0, 0.05) is 20.3 Å². The van der Waals surface area contributed by atoms with Crippen LogP contribution in [0.1, 0.15) is 25.8 Å². The van der Waals surface area contributed by atoms with Gasteiger partial charge < -0.3 is 24.1 Å². The van der Waals surface area contributed by atoms with Crippen LogP contribution in [0, 0.1) is 0 Å². The second-order valence-corrected chi connectivity index (χ2v) is 4.33. The molecule has 1 aromatic rings. The third-order valence-electron chi connectivity index (χ3n) is 2.57. The van der Waals surface area contributed by atoms with E-state index in [1.54, 1.807) is 18.0 Å². The third kappa shape index (κ3) is 6.96. The molecule has 0 aliphatic rings. The summed E-state index contributed by atoms with van der Waals surface area (Å²) in [6.45, 7) is 6.29. The van der Waals surface area contributed by atoms with Gasteiger partial charge in [-0.2, -0.15) is 0 Å². The second-order valence-electron chi connectivity index (χ2n) is 4.33. The van der Waals surface area contributed by atoms with Crippen molar-refractivity contribution in [3.05, 3.63) is 11.9 Å². The largest absolute Gasteiger partial charge is 0.389 e. The predicted molar refractivity (Wildman–Crippen MR) is 74.7 cm³/mol. The SMILES string of the molecule is CCOC(OCC)c1cn(CC(O)COCCOC)nn1. The Labute approximate surface area is 124 Å². The highest BCUT2D eigenvalue weighted by Crippen LogP contribution is 2.15. The first-order valence-electron chi connectivity index (χ1n) is 7.09. The fraction of sp³-hybridized carbons (Fsp3) is 0.846. The fourth-order valence-electron chi connectivity index (χ4n) is 1.66. The molecule has 0 amide bonds. The number of hydrogen-bond donors (Lipinski definition) is 1. The number of ether oxygens (including phenoxy) is 4. The number of methoxy groups -OCH3 is 1. The molecule has 0 spiro atoms. The van der Waals surface area contributed by atoms with E-state index in [9.17, 15) is 5.11 Å². The molecule has 0 aliphatic heterocycles. The number of aliphatic hydroxyl groups is 1. The Kier molecular flexibility index (Phi) is 9.11. The Balaban J connectivity index is 2.42. The number of hydrogen-bond acceptors (Lipinski definition) is 7. The lowest BCUT2D eigenvalue weighted by Gasteiger charge is -2.13. The maximum Gasteiger partial charge on any atom is 0.204 e. The summed E-state index contributed by atoms with van der Waals surface area (Å²) in [6, 6.07) is 0. The van der Waals surface area contributed by atoms with Gasteiger partial charge in [-0.3, -0.25) is 0 Å². The highest BCUT2D eigenvalue weighted by molar-refractivity contribution is 4.94. The quantitative estimate of drug-likeness (QED) is 0.441. The average molecular weight is 303 g/mol. The smallest absolute Gasteiger partial charge is 0.204 e. The molecule has 0 bridgehead atoms. The van der Waals surface area contributed by atoms with Crippen molar-refractivity contribution in [2.75, 3.05) is 40.1 Å². The molecular weight excluding hydrogens is 278 g/mol. The summed E-state index contributed by atoms with van der Waals surface area (Å²) in [5.41, 5.74) is 0.589. The lowest BCUT2D eigenvalue weighted by atomic mass is 10.4. The Morgan fingerprint density at radius 1 is 1.24 bits per heavy atom. The van der Waals surface area contributed by atoms with Crippen LogP contribution in [0.4, 0.5) is 0 Å². The molecule has 1 N–H and O–H groups in total. The van der Waals surface area contributed by atoms with Crippen LogP contribution >= 0.6 is 0 Å². The van der Waals surface area contributed by atoms with E-state index in [4.69, 9.17) is 18.9 Å². The van der Waals surface area contributed by atoms with Crippen molar-refractivity contribution in [3.8, 4) is 0 Å². The normalized spacial score (nSPS) is 13.0. The van der Waals surface area contributed by atoms with E-state index in [1.807, 2.05) is 13.8 Å². The van der Waals surface area contributed by atoms with Crippen molar-refractivity contribution in [3.63, 3.8) is 0 Å². The van der Waals surface area contributed by atoms with E-state index >= 15 is 0 Å². The first kappa shape index (κ1) is 18.0. The molecule has 0 saturated carbocycles. The molecule has 1 atom stereocenters. The predicted octanol–water partition coefficient (Wildman–Crippen LogP) is 0.374. The van der Waals surface area contributed by atoms with Crippen LogP contribution < -0.4 is 0 Å². The minimum Gasteiger partial charge on any atom is -0.389 e. The minimum atomic E-state index is -0.658. The molecule has 8 heteroatoms. The first-order chi connectivity index (χ1) is 10.2. The van der Waals surface area contributed by atoms with Crippen LogP contribution in [-0.4, -0.2) is 66.3 Å². The summed E-state index contributed by atoms with van der Waals surface area (Å²) in [7, 11) is 1.60. The van der Waals surface area contributed by atoms with Crippen molar-refractivity contribution in [2.45, 2.75) is 32.8 Å². The molecular formula is C13H25N3O5. The average Bonchev–Trinajstić information content (AvgIpc) is 2.92. The number of aromatic nitrogens is 3. The van der Waals surface area contributed by atoms with E-state index in [-0.39, 0.29) is 6.61 Å². The minimum absolute atomic E-state index is 0.221. The zero-order valence-corrected chi connectivity index (χ0v) is 12.9. The summed E-state index contributed by atoms with van der Waals surface area (Å²) in [4.78, 5) is 0. The molecule has 0 aliphatic carbocycles. The topological polar surface area (TPSA) is 87.9 Å². The van der Waals surface area contributed by atoms with Gasteiger partial charge in [-0.1, -0.05) is 5.21 Å². The Morgan fingerprint density at radius 3 is 2.57 bits per heavy atom. The lowest BCUT2D eigenvalue weighted by Crippen LogP contribution is -2.23. The molecule has 1 heterocycles. The maximum absolute atomic E-state index is 9.84. The van der Waals surface area contributed by atoms with Crippen molar-refractivity contribution < 1.29 is 24.1 Å². The Bertz CT molecular complexity index is 368. The van der Waals surface area contributed by atoms with Crippen molar-refractivity contribution in [2.24, 2.45) is 0 Å². The zero-order valence-electron chi connectivity index (χ0n) is 12.9. The Morgan fingerprint density at radius 2 is 1.95 bits per heavy atom. The fourth-order valence-corrected chi connectivity index (χ4v) is 1.66. The molecule has 0 fully saturated rings. The first-order valence-corrected chi connectivity index (χ1v) is 7.09. The molecule has 0 aromatic carbocycles. The van der Waals surface area contributed by atoms with Gasteiger partial charge in [0.25, 0.3) is 0 Å². The standard InChI is InChI=1S/C13H25N3O5/c1-4-20-13(21-5-2)12-9-16(15-14-12)8-11(17)10-19-7-6-18-3/h9,11,13,17H,4-8,10H2,1-3H3. The summed E-state index contributed by atoms with van der Waals surface area (Å²) in [6.07, 6.45) is 0.520. The van der Waals surface area contributed by atoms with Crippen LogP contribution in [0.15, 0.2) is 6.20 Å². The maximum atomic E-state index is 9.84. The van der Waals surface area contributed by atoms with Crippen LogP contribution in [0.2, 0.25) is 0 Å². The van der Waals surface area contributed by atoms with Gasteiger partial charge in [0.05, 0.1) is 38.7 Å². The summed E-state index contributed by atoms with van der Waals surface area (Å²) < 4.78 is 22.5. The van der Waals surface area contributed by atoms with Crippen LogP contribution in [0.5, 0.6) is 0 Å². The van der Waals surface area contributed by atoms with Gasteiger partial charge in [0.2, 0.25) is 6.29 Å². The summed E-state index contributed by atoms with van der Waals surface area (Å²) in [5.74, 6) is 0. The third-order valence-corrected chi connectivity index (χ3v) is 2.57. The van der Waals surface area contributed by atoms with Gasteiger partial charge in [0.15, 0.2) is 0 Å². The van der Waals surface area contributed by atoms with E-state index in [1.165, 1.54) is 0 Å².